The molecule has 11 heavy (non-hydrogen) atoms. The second-order valence-corrected chi connectivity index (χ2v) is 3.38. The van der Waals surface area contributed by atoms with Crippen molar-refractivity contribution in [3.05, 3.63) is 0 Å². The Morgan fingerprint density at radius 2 is 2.45 bits per heavy atom. The number of hydrogen-bond acceptors (Lipinski definition) is 3. The molecule has 64 valence electrons. The summed E-state index contributed by atoms with van der Waals surface area (Å²) in [6.07, 6.45) is -0.309. The first-order valence-corrected chi connectivity index (χ1v) is 3.56. The second kappa shape index (κ2) is 2.70. The summed E-state index contributed by atoms with van der Waals surface area (Å²) in [6, 6.07) is 0. The van der Waals surface area contributed by atoms with Gasteiger partial charge in [-0.15, -0.1) is 0 Å². The molecular weight excluding hydrogens is 146 g/mol. The Morgan fingerprint density at radius 1 is 1.82 bits per heavy atom. The molecule has 0 unspecified atom stereocenters. The predicted octanol–water partition coefficient (Wildman–Crippen LogP) is 0.0670. The monoisotopic (exact) mass is 159 g/mol. The molecule has 1 amide bonds. The number of cyclic esters (lactones) is 1. The third-order valence-electron chi connectivity index (χ3n) is 1.86. The molecule has 0 aromatic carbocycles. The zero-order valence-corrected chi connectivity index (χ0v) is 6.83. The number of amides is 1. The van der Waals surface area contributed by atoms with Crippen LogP contribution < -0.4 is 0 Å². The maximum atomic E-state index is 10.8. The summed E-state index contributed by atoms with van der Waals surface area (Å²) in [5.74, 6) is 0. The van der Waals surface area contributed by atoms with Crippen molar-refractivity contribution < 1.29 is 14.6 Å². The molecule has 1 N–H and O–H groups in total. The maximum Gasteiger partial charge on any atom is 0.409 e. The van der Waals surface area contributed by atoms with Crippen LogP contribution >= 0.6 is 0 Å². The molecule has 0 bridgehead atoms. The molecule has 0 aliphatic carbocycles. The zero-order valence-electron chi connectivity index (χ0n) is 6.83. The summed E-state index contributed by atoms with van der Waals surface area (Å²) in [6.45, 7) is 2.80. The summed E-state index contributed by atoms with van der Waals surface area (Å²) in [7, 11) is 1.66. The molecule has 0 saturated carbocycles. The third-order valence-corrected chi connectivity index (χ3v) is 1.86. The number of rotatable bonds is 1. The Hall–Kier alpha value is -0.770. The van der Waals surface area contributed by atoms with E-state index in [9.17, 15) is 4.79 Å². The normalized spacial score (nSPS) is 31.9. The number of carbonyl (C=O) groups is 1. The van der Waals surface area contributed by atoms with Crippen molar-refractivity contribution in [1.82, 2.24) is 4.90 Å². The fraction of sp³-hybridized carbons (Fsp3) is 0.857. The van der Waals surface area contributed by atoms with Crippen LogP contribution in [0.2, 0.25) is 0 Å². The first-order chi connectivity index (χ1) is 5.07. The lowest BCUT2D eigenvalue weighted by Gasteiger charge is -2.36. The molecule has 0 spiro atoms. The van der Waals surface area contributed by atoms with E-state index in [1.54, 1.807) is 7.05 Å². The summed E-state index contributed by atoms with van der Waals surface area (Å²) in [5.41, 5.74) is -0.289. The average Bonchev–Trinajstić information content (AvgIpc) is 1.98. The number of aliphatic hydroxyl groups excluding tert-OH is 1. The van der Waals surface area contributed by atoms with E-state index >= 15 is 0 Å². The molecule has 1 heterocycles. The lowest BCUT2D eigenvalue weighted by atomic mass is 9.92. The fourth-order valence-electron chi connectivity index (χ4n) is 1.12. The highest BCUT2D eigenvalue weighted by Gasteiger charge is 2.33. The van der Waals surface area contributed by atoms with Crippen LogP contribution in [0.5, 0.6) is 0 Å². The quantitative estimate of drug-likeness (QED) is 0.589. The van der Waals surface area contributed by atoms with Crippen LogP contribution in [-0.2, 0) is 4.74 Å². The van der Waals surface area contributed by atoms with E-state index in [-0.39, 0.29) is 18.1 Å². The van der Waals surface area contributed by atoms with Crippen LogP contribution in [0.25, 0.3) is 0 Å². The van der Waals surface area contributed by atoms with Gasteiger partial charge in [0, 0.05) is 19.0 Å². The summed E-state index contributed by atoms with van der Waals surface area (Å²) < 4.78 is 4.82. The molecule has 1 atom stereocenters. The van der Waals surface area contributed by atoms with Gasteiger partial charge in [-0.05, 0) is 0 Å². The highest BCUT2D eigenvalue weighted by molar-refractivity contribution is 5.68. The minimum atomic E-state index is -0.309. The van der Waals surface area contributed by atoms with Crippen molar-refractivity contribution in [1.29, 1.82) is 0 Å². The van der Waals surface area contributed by atoms with Gasteiger partial charge in [-0.1, -0.05) is 6.92 Å². The van der Waals surface area contributed by atoms with Gasteiger partial charge in [-0.2, -0.15) is 0 Å². The Kier molecular flexibility index (Phi) is 2.04. The van der Waals surface area contributed by atoms with Gasteiger partial charge in [0.25, 0.3) is 0 Å². The molecule has 1 rings (SSSR count). The van der Waals surface area contributed by atoms with Crippen LogP contribution in [0.1, 0.15) is 6.92 Å². The van der Waals surface area contributed by atoms with Crippen LogP contribution in [0.15, 0.2) is 0 Å². The fourth-order valence-corrected chi connectivity index (χ4v) is 1.12. The predicted molar refractivity (Wildman–Crippen MR) is 39.2 cm³/mol. The van der Waals surface area contributed by atoms with Crippen molar-refractivity contribution in [2.75, 3.05) is 26.8 Å². The van der Waals surface area contributed by atoms with Gasteiger partial charge in [0.15, 0.2) is 0 Å². The highest BCUT2D eigenvalue weighted by Crippen LogP contribution is 2.21. The summed E-state index contributed by atoms with van der Waals surface area (Å²) in [4.78, 5) is 12.3. The Labute approximate surface area is 65.8 Å². The molecule has 0 aromatic rings. The van der Waals surface area contributed by atoms with Crippen molar-refractivity contribution in [3.8, 4) is 0 Å². The second-order valence-electron chi connectivity index (χ2n) is 3.38. The van der Waals surface area contributed by atoms with E-state index in [4.69, 9.17) is 9.84 Å². The minimum Gasteiger partial charge on any atom is -0.449 e. The molecule has 0 aromatic heterocycles. The van der Waals surface area contributed by atoms with Gasteiger partial charge in [-0.3, -0.25) is 0 Å². The van der Waals surface area contributed by atoms with E-state index in [0.29, 0.717) is 13.2 Å². The Balaban J connectivity index is 2.58. The Bertz CT molecular complexity index is 171. The van der Waals surface area contributed by atoms with Gasteiger partial charge in [0.2, 0.25) is 0 Å². The van der Waals surface area contributed by atoms with E-state index < -0.39 is 0 Å². The third kappa shape index (κ3) is 1.63. The number of aliphatic hydroxyl groups is 1. The zero-order chi connectivity index (χ0) is 8.48. The number of nitrogens with zero attached hydrogens (tertiary/aromatic N) is 1. The first-order valence-electron chi connectivity index (χ1n) is 3.56. The lowest BCUT2D eigenvalue weighted by Crippen LogP contribution is -2.48. The molecule has 1 fully saturated rings. The number of hydrogen-bond donors (Lipinski definition) is 1. The van der Waals surface area contributed by atoms with Crippen molar-refractivity contribution in [2.24, 2.45) is 5.41 Å². The minimum absolute atomic E-state index is 0.0463. The van der Waals surface area contributed by atoms with Gasteiger partial charge in [-0.25, -0.2) is 4.79 Å². The molecule has 1 aliphatic heterocycles. The van der Waals surface area contributed by atoms with Crippen molar-refractivity contribution >= 4 is 6.09 Å². The molecule has 4 heteroatoms. The topological polar surface area (TPSA) is 49.8 Å². The van der Waals surface area contributed by atoms with Crippen LogP contribution in [-0.4, -0.2) is 42.9 Å². The molecule has 1 saturated heterocycles. The van der Waals surface area contributed by atoms with Gasteiger partial charge < -0.3 is 14.7 Å². The molecule has 4 nitrogen and oxygen atoms in total. The number of ether oxygens (including phenoxy) is 1. The highest BCUT2D eigenvalue weighted by atomic mass is 16.6. The van der Waals surface area contributed by atoms with Crippen LogP contribution in [0.3, 0.4) is 0 Å². The first kappa shape index (κ1) is 8.33. The van der Waals surface area contributed by atoms with E-state index in [0.717, 1.165) is 0 Å². The Morgan fingerprint density at radius 3 is 2.91 bits per heavy atom. The lowest BCUT2D eigenvalue weighted by molar-refractivity contribution is -0.0171. The smallest absolute Gasteiger partial charge is 0.409 e. The average molecular weight is 159 g/mol. The molecular formula is C7H13NO3. The van der Waals surface area contributed by atoms with Gasteiger partial charge in [0.1, 0.15) is 6.61 Å². The summed E-state index contributed by atoms with van der Waals surface area (Å²) >= 11 is 0. The van der Waals surface area contributed by atoms with E-state index in [1.165, 1.54) is 4.90 Å². The standard InChI is InChI=1S/C7H13NO3/c1-7(4-9)3-8(2)6(10)11-5-7/h9H,3-5H2,1-2H3/t7-/m0/s1. The SMILES string of the molecule is CN1C[C@@](C)(CO)COC1=O. The van der Waals surface area contributed by atoms with Crippen molar-refractivity contribution in [3.63, 3.8) is 0 Å². The van der Waals surface area contributed by atoms with Gasteiger partial charge in [0.05, 0.1) is 6.61 Å². The summed E-state index contributed by atoms with van der Waals surface area (Å²) in [5, 5.41) is 8.94. The van der Waals surface area contributed by atoms with E-state index in [1.807, 2.05) is 6.92 Å². The number of carbonyl (C=O) groups excluding carboxylic acids is 1. The van der Waals surface area contributed by atoms with Crippen LogP contribution in [0.4, 0.5) is 4.79 Å². The molecule has 1 aliphatic rings. The van der Waals surface area contributed by atoms with E-state index in [2.05, 4.69) is 0 Å². The van der Waals surface area contributed by atoms with Gasteiger partial charge >= 0.3 is 6.09 Å². The van der Waals surface area contributed by atoms with Crippen molar-refractivity contribution in [2.45, 2.75) is 6.92 Å². The van der Waals surface area contributed by atoms with Crippen LogP contribution in [0, 0.1) is 5.41 Å². The molecule has 0 radical (unpaired) electrons. The largest absolute Gasteiger partial charge is 0.449 e. The maximum absolute atomic E-state index is 10.8.